The third kappa shape index (κ3) is 5.01. The van der Waals surface area contributed by atoms with Gasteiger partial charge in [-0.3, -0.25) is 4.79 Å². The number of benzene rings is 2. The van der Waals surface area contributed by atoms with Crippen LogP contribution >= 0.6 is 0 Å². The molecule has 128 valence electrons. The first-order chi connectivity index (χ1) is 12.1. The molecule has 2 aromatic rings. The van der Waals surface area contributed by atoms with Crippen LogP contribution in [-0.4, -0.2) is 17.9 Å². The van der Waals surface area contributed by atoms with Gasteiger partial charge in [-0.25, -0.2) is 9.18 Å². The zero-order valence-corrected chi connectivity index (χ0v) is 13.5. The van der Waals surface area contributed by atoms with Crippen LogP contribution in [0.4, 0.5) is 4.39 Å². The molecule has 1 aliphatic rings. The predicted molar refractivity (Wildman–Crippen MR) is 91.9 cm³/mol. The minimum absolute atomic E-state index is 0.167. The third-order valence-corrected chi connectivity index (χ3v) is 3.76. The highest BCUT2D eigenvalue weighted by atomic mass is 19.1. The Morgan fingerprint density at radius 1 is 1.12 bits per heavy atom. The lowest BCUT2D eigenvalue weighted by Crippen LogP contribution is -2.33. The van der Waals surface area contributed by atoms with Crippen LogP contribution in [0.2, 0.25) is 0 Å². The molecular weight excluding hydrogens is 321 g/mol. The normalized spacial score (nSPS) is 14.9. The van der Waals surface area contributed by atoms with Crippen LogP contribution in [0.15, 0.2) is 60.7 Å². The molecule has 4 nitrogen and oxygen atoms in total. The molecule has 1 amide bonds. The molecule has 2 aromatic carbocycles. The van der Waals surface area contributed by atoms with Crippen LogP contribution in [0.1, 0.15) is 30.1 Å². The number of esters is 1. The van der Waals surface area contributed by atoms with E-state index in [2.05, 4.69) is 5.32 Å². The van der Waals surface area contributed by atoms with Crippen molar-refractivity contribution < 1.29 is 18.7 Å². The fraction of sp³-hybridized carbons (Fsp3) is 0.200. The van der Waals surface area contributed by atoms with E-state index in [9.17, 15) is 14.0 Å². The van der Waals surface area contributed by atoms with E-state index in [1.807, 2.05) is 6.07 Å². The van der Waals surface area contributed by atoms with Crippen LogP contribution in [0, 0.1) is 5.82 Å². The van der Waals surface area contributed by atoms with Crippen molar-refractivity contribution in [2.45, 2.75) is 25.0 Å². The molecule has 3 rings (SSSR count). The van der Waals surface area contributed by atoms with Crippen molar-refractivity contribution in [3.8, 4) is 0 Å². The van der Waals surface area contributed by atoms with Crippen molar-refractivity contribution in [2.75, 3.05) is 0 Å². The highest BCUT2D eigenvalue weighted by Gasteiger charge is 2.30. The molecule has 0 heterocycles. The number of nitrogens with one attached hydrogen (secondary N) is 1. The SMILES string of the molecule is O=C(/C=C/c1cccc(F)c1)O[C@H](C(=O)NC1CC1)c1ccccc1. The molecule has 0 aromatic heterocycles. The van der Waals surface area contributed by atoms with Gasteiger partial charge in [-0.2, -0.15) is 0 Å². The van der Waals surface area contributed by atoms with E-state index in [1.165, 1.54) is 24.3 Å². The Labute approximate surface area is 145 Å². The van der Waals surface area contributed by atoms with Gasteiger partial charge >= 0.3 is 5.97 Å². The Kier molecular flexibility index (Phi) is 5.23. The summed E-state index contributed by atoms with van der Waals surface area (Å²) in [5, 5.41) is 2.85. The van der Waals surface area contributed by atoms with Gasteiger partial charge in [-0.1, -0.05) is 42.5 Å². The number of carbonyl (C=O) groups is 2. The van der Waals surface area contributed by atoms with E-state index in [0.717, 1.165) is 12.8 Å². The molecule has 0 aliphatic heterocycles. The number of hydrogen-bond donors (Lipinski definition) is 1. The smallest absolute Gasteiger partial charge is 0.331 e. The second kappa shape index (κ2) is 7.75. The number of hydrogen-bond acceptors (Lipinski definition) is 3. The van der Waals surface area contributed by atoms with E-state index in [1.54, 1.807) is 36.4 Å². The van der Waals surface area contributed by atoms with Crippen LogP contribution in [-0.2, 0) is 14.3 Å². The summed E-state index contributed by atoms with van der Waals surface area (Å²) in [5.41, 5.74) is 1.14. The summed E-state index contributed by atoms with van der Waals surface area (Å²) in [6.07, 6.45) is 3.52. The summed E-state index contributed by atoms with van der Waals surface area (Å²) >= 11 is 0. The third-order valence-electron chi connectivity index (χ3n) is 3.76. The van der Waals surface area contributed by atoms with Gasteiger partial charge in [0.1, 0.15) is 5.82 Å². The van der Waals surface area contributed by atoms with Crippen LogP contribution in [0.25, 0.3) is 6.08 Å². The first kappa shape index (κ1) is 16.9. The highest BCUT2D eigenvalue weighted by molar-refractivity contribution is 5.91. The number of ether oxygens (including phenoxy) is 1. The van der Waals surface area contributed by atoms with Crippen molar-refractivity contribution in [3.63, 3.8) is 0 Å². The summed E-state index contributed by atoms with van der Waals surface area (Å²) < 4.78 is 18.5. The average molecular weight is 339 g/mol. The molecule has 1 N–H and O–H groups in total. The Balaban J connectivity index is 1.70. The van der Waals surface area contributed by atoms with Crippen molar-refractivity contribution in [3.05, 3.63) is 77.6 Å². The molecule has 1 atom stereocenters. The number of rotatable bonds is 6. The summed E-state index contributed by atoms with van der Waals surface area (Å²) in [5.74, 6) is -1.38. The lowest BCUT2D eigenvalue weighted by atomic mass is 10.1. The van der Waals surface area contributed by atoms with Crippen LogP contribution in [0.3, 0.4) is 0 Å². The maximum Gasteiger partial charge on any atom is 0.331 e. The lowest BCUT2D eigenvalue weighted by molar-refractivity contribution is -0.151. The largest absolute Gasteiger partial charge is 0.444 e. The van der Waals surface area contributed by atoms with Gasteiger partial charge in [0.25, 0.3) is 5.91 Å². The molecule has 0 unspecified atom stereocenters. The molecule has 0 saturated heterocycles. The molecule has 0 spiro atoms. The Morgan fingerprint density at radius 3 is 2.56 bits per heavy atom. The van der Waals surface area contributed by atoms with Gasteiger partial charge < -0.3 is 10.1 Å². The molecule has 5 heteroatoms. The highest BCUT2D eigenvalue weighted by Crippen LogP contribution is 2.23. The maximum atomic E-state index is 13.2. The Hall–Kier alpha value is -2.95. The van der Waals surface area contributed by atoms with Gasteiger partial charge in [-0.05, 0) is 36.6 Å². The second-order valence-corrected chi connectivity index (χ2v) is 5.90. The quantitative estimate of drug-likeness (QED) is 0.648. The number of halogens is 1. The summed E-state index contributed by atoms with van der Waals surface area (Å²) in [6.45, 7) is 0. The fourth-order valence-corrected chi connectivity index (χ4v) is 2.34. The first-order valence-electron chi connectivity index (χ1n) is 8.11. The fourth-order valence-electron chi connectivity index (χ4n) is 2.34. The summed E-state index contributed by atoms with van der Waals surface area (Å²) in [4.78, 5) is 24.5. The Morgan fingerprint density at radius 2 is 1.88 bits per heavy atom. The topological polar surface area (TPSA) is 55.4 Å². The van der Waals surface area contributed by atoms with E-state index in [-0.39, 0.29) is 17.8 Å². The number of carbonyl (C=O) groups excluding carboxylic acids is 2. The van der Waals surface area contributed by atoms with E-state index in [4.69, 9.17) is 4.74 Å². The van der Waals surface area contributed by atoms with Crippen LogP contribution < -0.4 is 5.32 Å². The second-order valence-electron chi connectivity index (χ2n) is 5.90. The predicted octanol–water partition coefficient (Wildman–Crippen LogP) is 3.40. The minimum Gasteiger partial charge on any atom is -0.444 e. The van der Waals surface area contributed by atoms with Crippen molar-refractivity contribution in [2.24, 2.45) is 0 Å². The molecular formula is C20H18FNO3. The zero-order chi connectivity index (χ0) is 17.6. The van der Waals surface area contributed by atoms with E-state index < -0.39 is 12.1 Å². The molecule has 0 radical (unpaired) electrons. The Bertz CT molecular complexity index is 785. The summed E-state index contributed by atoms with van der Waals surface area (Å²) in [6, 6.07) is 14.9. The van der Waals surface area contributed by atoms with Crippen molar-refractivity contribution in [1.29, 1.82) is 0 Å². The van der Waals surface area contributed by atoms with E-state index in [0.29, 0.717) is 11.1 Å². The summed E-state index contributed by atoms with van der Waals surface area (Å²) in [7, 11) is 0. The van der Waals surface area contributed by atoms with Gasteiger partial charge in [0.15, 0.2) is 0 Å². The van der Waals surface area contributed by atoms with Crippen molar-refractivity contribution >= 4 is 18.0 Å². The standard InChI is InChI=1S/C20H18FNO3/c21-16-8-4-5-14(13-16)9-12-18(23)25-19(15-6-2-1-3-7-15)20(24)22-17-10-11-17/h1-9,12-13,17,19H,10-11H2,(H,22,24)/b12-9+/t19-/m0/s1. The van der Waals surface area contributed by atoms with Gasteiger partial charge in [-0.15, -0.1) is 0 Å². The average Bonchev–Trinajstić information content (AvgIpc) is 3.42. The van der Waals surface area contributed by atoms with Gasteiger partial charge in [0.2, 0.25) is 6.10 Å². The number of amides is 1. The van der Waals surface area contributed by atoms with Crippen LogP contribution in [0.5, 0.6) is 0 Å². The van der Waals surface area contributed by atoms with Gasteiger partial charge in [0, 0.05) is 17.7 Å². The molecule has 1 saturated carbocycles. The monoisotopic (exact) mass is 339 g/mol. The maximum absolute atomic E-state index is 13.2. The molecule has 1 fully saturated rings. The molecule has 0 bridgehead atoms. The van der Waals surface area contributed by atoms with E-state index >= 15 is 0 Å². The van der Waals surface area contributed by atoms with Gasteiger partial charge in [0.05, 0.1) is 0 Å². The van der Waals surface area contributed by atoms with Crippen molar-refractivity contribution in [1.82, 2.24) is 5.32 Å². The zero-order valence-electron chi connectivity index (χ0n) is 13.5. The minimum atomic E-state index is -1.01. The molecule has 1 aliphatic carbocycles. The first-order valence-corrected chi connectivity index (χ1v) is 8.11. The lowest BCUT2D eigenvalue weighted by Gasteiger charge is -2.17. The molecule has 25 heavy (non-hydrogen) atoms.